The molecule has 4 nitrogen and oxygen atoms in total. The van der Waals surface area contributed by atoms with E-state index in [0.29, 0.717) is 54.7 Å². The van der Waals surface area contributed by atoms with Gasteiger partial charge in [0.25, 0.3) is 0 Å². The van der Waals surface area contributed by atoms with Crippen LogP contribution in [-0.4, -0.2) is 17.7 Å². The topological polar surface area (TPSA) is 55.8 Å². The number of halogens is 3. The van der Waals surface area contributed by atoms with Gasteiger partial charge in [-0.1, -0.05) is 30.3 Å². The molecule has 1 aliphatic carbocycles. The maximum Gasteiger partial charge on any atom is 0.314 e. The van der Waals surface area contributed by atoms with Gasteiger partial charge in [-0.3, -0.25) is 4.79 Å². The van der Waals surface area contributed by atoms with Crippen LogP contribution >= 0.6 is 0 Å². The Balaban J connectivity index is 1.39. The number of hydrogen-bond donors (Lipinski definition) is 1. The van der Waals surface area contributed by atoms with Gasteiger partial charge in [-0.2, -0.15) is 4.39 Å². The van der Waals surface area contributed by atoms with Gasteiger partial charge in [-0.15, -0.1) is 0 Å². The Hall–Kier alpha value is -3.32. The highest BCUT2D eigenvalue weighted by molar-refractivity contribution is 5.76. The lowest BCUT2D eigenvalue weighted by atomic mass is 9.78. The van der Waals surface area contributed by atoms with Crippen molar-refractivity contribution in [2.75, 3.05) is 6.61 Å². The maximum atomic E-state index is 14.7. The van der Waals surface area contributed by atoms with E-state index in [0.717, 1.165) is 0 Å². The van der Waals surface area contributed by atoms with Crippen molar-refractivity contribution in [3.63, 3.8) is 0 Å². The quantitative estimate of drug-likeness (QED) is 0.306. The molecule has 0 bridgehead atoms. The molecular formula is C28H27F3O4. The van der Waals surface area contributed by atoms with E-state index in [-0.39, 0.29) is 23.9 Å². The molecule has 0 aromatic heterocycles. The smallest absolute Gasteiger partial charge is 0.314 e. The summed E-state index contributed by atoms with van der Waals surface area (Å²) in [6, 6.07) is 13.9. The number of aliphatic hydroxyl groups excluding tert-OH is 1. The van der Waals surface area contributed by atoms with Crippen molar-refractivity contribution in [1.29, 1.82) is 0 Å². The van der Waals surface area contributed by atoms with Crippen LogP contribution in [-0.2, 0) is 11.4 Å². The molecule has 0 aliphatic heterocycles. The number of hydrogen-bond acceptors (Lipinski definition) is 4. The Morgan fingerprint density at radius 2 is 1.66 bits per heavy atom. The maximum absolute atomic E-state index is 14.7. The second-order valence-electron chi connectivity index (χ2n) is 8.68. The van der Waals surface area contributed by atoms with Gasteiger partial charge in [-0.05, 0) is 73.4 Å². The first kappa shape index (κ1) is 24.8. The van der Waals surface area contributed by atoms with Crippen molar-refractivity contribution in [2.45, 2.75) is 45.1 Å². The van der Waals surface area contributed by atoms with E-state index in [4.69, 9.17) is 14.6 Å². The number of benzene rings is 3. The molecule has 0 atom stereocenters. The molecule has 1 fully saturated rings. The molecule has 0 heterocycles. The molecule has 7 heteroatoms. The minimum Gasteiger partial charge on any atom is -0.494 e. The van der Waals surface area contributed by atoms with Crippen molar-refractivity contribution in [3.05, 3.63) is 83.2 Å². The van der Waals surface area contributed by atoms with Crippen LogP contribution in [0.25, 0.3) is 11.1 Å². The van der Waals surface area contributed by atoms with Gasteiger partial charge in [0.1, 0.15) is 11.6 Å². The molecule has 0 unspecified atom stereocenters. The molecule has 1 saturated carbocycles. The second-order valence-corrected chi connectivity index (χ2v) is 8.68. The lowest BCUT2D eigenvalue weighted by Gasteiger charge is -2.28. The average Bonchev–Trinajstić information content (AvgIpc) is 2.87. The first-order valence-electron chi connectivity index (χ1n) is 11.7. The summed E-state index contributed by atoms with van der Waals surface area (Å²) in [5.74, 6) is -3.75. The third-order valence-electron chi connectivity index (χ3n) is 6.49. The molecule has 0 saturated heterocycles. The normalized spacial score (nSPS) is 17.7. The van der Waals surface area contributed by atoms with Crippen LogP contribution in [0.4, 0.5) is 13.2 Å². The van der Waals surface area contributed by atoms with Crippen LogP contribution in [0.1, 0.15) is 49.7 Å². The van der Waals surface area contributed by atoms with Gasteiger partial charge in [-0.25, -0.2) is 8.78 Å². The van der Waals surface area contributed by atoms with E-state index in [2.05, 4.69) is 0 Å². The Bertz CT molecular complexity index is 1190. The van der Waals surface area contributed by atoms with Crippen molar-refractivity contribution >= 4 is 5.97 Å². The van der Waals surface area contributed by atoms with Crippen LogP contribution in [0, 0.1) is 23.4 Å². The number of aliphatic hydroxyl groups is 1. The van der Waals surface area contributed by atoms with E-state index >= 15 is 0 Å². The molecule has 1 N–H and O–H groups in total. The summed E-state index contributed by atoms with van der Waals surface area (Å²) in [5.41, 5.74) is 1.72. The fourth-order valence-corrected chi connectivity index (χ4v) is 4.55. The Morgan fingerprint density at radius 1 is 0.943 bits per heavy atom. The zero-order valence-electron chi connectivity index (χ0n) is 19.4. The fourth-order valence-electron chi connectivity index (χ4n) is 4.55. The summed E-state index contributed by atoms with van der Waals surface area (Å²) < 4.78 is 54.5. The third kappa shape index (κ3) is 5.51. The summed E-state index contributed by atoms with van der Waals surface area (Å²) in [5, 5.41) is 9.13. The summed E-state index contributed by atoms with van der Waals surface area (Å²) in [4.78, 5) is 12.7. The largest absolute Gasteiger partial charge is 0.494 e. The lowest BCUT2D eigenvalue weighted by molar-refractivity contribution is -0.140. The number of carbonyl (C=O) groups excluding carboxylic acids is 1. The van der Waals surface area contributed by atoms with Crippen LogP contribution in [0.5, 0.6) is 11.5 Å². The molecule has 0 spiro atoms. The highest BCUT2D eigenvalue weighted by atomic mass is 19.2. The molecule has 0 amide bonds. The van der Waals surface area contributed by atoms with Crippen LogP contribution in [0.2, 0.25) is 0 Å². The minimum absolute atomic E-state index is 0.0274. The van der Waals surface area contributed by atoms with Crippen LogP contribution in [0.15, 0.2) is 54.6 Å². The summed E-state index contributed by atoms with van der Waals surface area (Å²) in [6.45, 7) is 2.14. The van der Waals surface area contributed by atoms with Crippen molar-refractivity contribution in [1.82, 2.24) is 0 Å². The van der Waals surface area contributed by atoms with E-state index < -0.39 is 29.3 Å². The molecule has 35 heavy (non-hydrogen) atoms. The zero-order valence-corrected chi connectivity index (χ0v) is 19.4. The average molecular weight is 485 g/mol. The first-order valence-corrected chi connectivity index (χ1v) is 11.7. The number of esters is 1. The SMILES string of the molecule is CCOc1ccc(C2CCC(C(=O)Oc3ccc(-c4ccc(CO)cc4)c(F)c3F)CC2)c(F)c1. The molecule has 3 aromatic carbocycles. The van der Waals surface area contributed by atoms with Crippen molar-refractivity contribution in [2.24, 2.45) is 5.92 Å². The molecule has 184 valence electrons. The third-order valence-corrected chi connectivity index (χ3v) is 6.49. The van der Waals surface area contributed by atoms with E-state index in [9.17, 15) is 18.0 Å². The highest BCUT2D eigenvalue weighted by Gasteiger charge is 2.30. The zero-order chi connectivity index (χ0) is 24.9. The van der Waals surface area contributed by atoms with Crippen LogP contribution < -0.4 is 9.47 Å². The van der Waals surface area contributed by atoms with Gasteiger partial charge in [0, 0.05) is 11.6 Å². The molecular weight excluding hydrogens is 457 g/mol. The lowest BCUT2D eigenvalue weighted by Crippen LogP contribution is -2.25. The highest BCUT2D eigenvalue weighted by Crippen LogP contribution is 2.39. The molecule has 0 radical (unpaired) electrons. The van der Waals surface area contributed by atoms with Gasteiger partial charge < -0.3 is 14.6 Å². The summed E-state index contributed by atoms with van der Waals surface area (Å²) in [7, 11) is 0. The number of carbonyl (C=O) groups is 1. The van der Waals surface area contributed by atoms with Gasteiger partial charge in [0.2, 0.25) is 5.82 Å². The van der Waals surface area contributed by atoms with Crippen molar-refractivity contribution in [3.8, 4) is 22.6 Å². The Labute approximate surface area is 202 Å². The predicted octanol–water partition coefficient (Wildman–Crippen LogP) is 6.54. The van der Waals surface area contributed by atoms with Crippen LogP contribution in [0.3, 0.4) is 0 Å². The van der Waals surface area contributed by atoms with E-state index in [1.54, 1.807) is 36.4 Å². The number of ether oxygens (including phenoxy) is 2. The Kier molecular flexibility index (Phi) is 7.76. The summed E-state index contributed by atoms with van der Waals surface area (Å²) in [6.07, 6.45) is 2.11. The monoisotopic (exact) mass is 484 g/mol. The summed E-state index contributed by atoms with van der Waals surface area (Å²) >= 11 is 0. The predicted molar refractivity (Wildman–Crippen MR) is 126 cm³/mol. The molecule has 1 aliphatic rings. The standard InChI is InChI=1S/C28H27F3O4/c1-2-34-21-11-12-22(24(29)15-21)18-7-9-20(10-8-18)28(33)35-25-14-13-23(26(30)27(25)31)19-5-3-17(16-32)4-6-19/h3-6,11-15,18,20,32H,2,7-10,16H2,1H3. The molecule has 3 aromatic rings. The molecule has 4 rings (SSSR count). The second kappa shape index (κ2) is 11.0. The van der Waals surface area contributed by atoms with Gasteiger partial charge in [0.05, 0.1) is 19.1 Å². The minimum atomic E-state index is -1.23. The van der Waals surface area contributed by atoms with Gasteiger partial charge >= 0.3 is 5.97 Å². The van der Waals surface area contributed by atoms with E-state index in [1.807, 2.05) is 6.92 Å². The number of rotatable bonds is 7. The van der Waals surface area contributed by atoms with Gasteiger partial charge in [0.15, 0.2) is 11.6 Å². The first-order chi connectivity index (χ1) is 16.9. The van der Waals surface area contributed by atoms with Crippen molar-refractivity contribution < 1.29 is 32.5 Å². The Morgan fingerprint density at radius 3 is 2.29 bits per heavy atom. The fraction of sp³-hybridized carbons (Fsp3) is 0.321. The van der Waals surface area contributed by atoms with E-state index in [1.165, 1.54) is 18.2 Å².